The molecule has 0 unspecified atom stereocenters. The van der Waals surface area contributed by atoms with Crippen LogP contribution in [0.4, 0.5) is 0 Å². The van der Waals surface area contributed by atoms with Crippen LogP contribution >= 0.6 is 0 Å². The number of rotatable bonds is 3. The summed E-state index contributed by atoms with van der Waals surface area (Å²) in [5.74, 6) is 0.601. The minimum absolute atomic E-state index is 0.235. The highest BCUT2D eigenvalue weighted by molar-refractivity contribution is 6.82. The van der Waals surface area contributed by atoms with E-state index in [1.807, 2.05) is 0 Å². The fourth-order valence-corrected chi connectivity index (χ4v) is 12.9. The largest absolute Gasteiger partial charge is 0.415 e. The Morgan fingerprint density at radius 3 is 1.17 bits per heavy atom. The Kier molecular flexibility index (Phi) is 5.33. The molecule has 0 rings (SSSR count). The molecule has 0 aromatic heterocycles. The average molecular weight is 273 g/mol. The summed E-state index contributed by atoms with van der Waals surface area (Å²) in [6.45, 7) is 26.7. The Balaban J connectivity index is 5.76. The van der Waals surface area contributed by atoms with Gasteiger partial charge in [-0.15, -0.1) is 0 Å². The third-order valence-corrected chi connectivity index (χ3v) is 10.7. The molecule has 18 heavy (non-hydrogen) atoms. The molecule has 0 radical (unpaired) electrons. The van der Waals surface area contributed by atoms with Crippen molar-refractivity contribution in [1.82, 2.24) is 0 Å². The highest BCUT2D eigenvalue weighted by atomic mass is 28.4. The quantitative estimate of drug-likeness (QED) is 0.572. The lowest BCUT2D eigenvalue weighted by atomic mass is 10.2. The van der Waals surface area contributed by atoms with Gasteiger partial charge in [0, 0.05) is 6.61 Å². The molecule has 0 aromatic carbocycles. The first-order valence-corrected chi connectivity index (χ1v) is 9.21. The summed E-state index contributed by atoms with van der Waals surface area (Å²) in [6, 6.07) is 0. The molecule has 0 aromatic rings. The third-order valence-electron chi connectivity index (χ3n) is 3.80. The maximum absolute atomic E-state index is 6.72. The van der Waals surface area contributed by atoms with Crippen LogP contribution in [0.2, 0.25) is 15.1 Å². The van der Waals surface area contributed by atoms with Gasteiger partial charge in [0.2, 0.25) is 8.32 Å². The van der Waals surface area contributed by atoms with Gasteiger partial charge in [0.1, 0.15) is 0 Å². The molecule has 2 heteroatoms. The van der Waals surface area contributed by atoms with Gasteiger partial charge in [0.15, 0.2) is 0 Å². The lowest BCUT2D eigenvalue weighted by Gasteiger charge is -2.58. The Labute approximate surface area is 117 Å². The van der Waals surface area contributed by atoms with Gasteiger partial charge in [0.05, 0.1) is 0 Å². The molecule has 0 amide bonds. The van der Waals surface area contributed by atoms with E-state index in [0.717, 1.165) is 6.61 Å². The predicted octanol–water partition coefficient (Wildman–Crippen LogP) is 6.00. The lowest BCUT2D eigenvalue weighted by Crippen LogP contribution is -2.61. The Hall–Kier alpha value is 0.177. The second-order valence-electron chi connectivity index (χ2n) is 9.14. The van der Waals surface area contributed by atoms with Crippen LogP contribution in [-0.4, -0.2) is 14.9 Å². The van der Waals surface area contributed by atoms with Crippen LogP contribution in [-0.2, 0) is 4.43 Å². The highest BCUT2D eigenvalue weighted by Crippen LogP contribution is 2.62. The minimum Gasteiger partial charge on any atom is -0.415 e. The van der Waals surface area contributed by atoms with Gasteiger partial charge in [0.25, 0.3) is 0 Å². The molecular weight excluding hydrogens is 236 g/mol. The topological polar surface area (TPSA) is 9.23 Å². The van der Waals surface area contributed by atoms with Crippen molar-refractivity contribution in [3.8, 4) is 0 Å². The van der Waals surface area contributed by atoms with Gasteiger partial charge < -0.3 is 4.43 Å². The van der Waals surface area contributed by atoms with Crippen LogP contribution in [0, 0.1) is 5.92 Å². The second-order valence-corrected chi connectivity index (χ2v) is 15.3. The SMILES string of the molecule is CC(C)CO[Si](C(C)(C)C)(C(C)(C)C)C(C)(C)C. The Bertz CT molecular complexity index is 224. The second kappa shape index (κ2) is 5.28. The summed E-state index contributed by atoms with van der Waals surface area (Å²) in [5.41, 5.74) is 0. The van der Waals surface area contributed by atoms with Gasteiger partial charge >= 0.3 is 0 Å². The van der Waals surface area contributed by atoms with Gasteiger partial charge in [-0.05, 0) is 21.0 Å². The zero-order valence-electron chi connectivity index (χ0n) is 14.7. The van der Waals surface area contributed by atoms with E-state index in [1.54, 1.807) is 0 Å². The summed E-state index contributed by atoms with van der Waals surface area (Å²) >= 11 is 0. The highest BCUT2D eigenvalue weighted by Gasteiger charge is 2.61. The van der Waals surface area contributed by atoms with Crippen molar-refractivity contribution in [3.63, 3.8) is 0 Å². The molecule has 0 heterocycles. The zero-order chi connectivity index (χ0) is 15.0. The van der Waals surface area contributed by atoms with Crippen LogP contribution < -0.4 is 0 Å². The van der Waals surface area contributed by atoms with Crippen molar-refractivity contribution in [2.75, 3.05) is 6.61 Å². The van der Waals surface area contributed by atoms with Crippen molar-refractivity contribution < 1.29 is 4.43 Å². The average Bonchev–Trinajstić information content (AvgIpc) is 1.94. The molecular formula is C16H36OSi. The van der Waals surface area contributed by atoms with E-state index in [4.69, 9.17) is 4.43 Å². The van der Waals surface area contributed by atoms with Crippen molar-refractivity contribution in [1.29, 1.82) is 0 Å². The van der Waals surface area contributed by atoms with Crippen LogP contribution in [0.3, 0.4) is 0 Å². The molecule has 0 aliphatic heterocycles. The van der Waals surface area contributed by atoms with Gasteiger partial charge in [-0.1, -0.05) is 76.2 Å². The summed E-state index contributed by atoms with van der Waals surface area (Å²) in [7, 11) is -1.96. The molecule has 110 valence electrons. The molecule has 0 fully saturated rings. The Morgan fingerprint density at radius 2 is 1.00 bits per heavy atom. The molecule has 0 aliphatic carbocycles. The van der Waals surface area contributed by atoms with Crippen molar-refractivity contribution in [3.05, 3.63) is 0 Å². The fraction of sp³-hybridized carbons (Fsp3) is 1.00. The third kappa shape index (κ3) is 3.39. The van der Waals surface area contributed by atoms with Crippen molar-refractivity contribution in [2.45, 2.75) is 91.3 Å². The van der Waals surface area contributed by atoms with E-state index in [1.165, 1.54) is 0 Å². The van der Waals surface area contributed by atoms with Crippen LogP contribution in [0.15, 0.2) is 0 Å². The molecule has 0 saturated carbocycles. The van der Waals surface area contributed by atoms with Gasteiger partial charge in [-0.25, -0.2) is 0 Å². The summed E-state index contributed by atoms with van der Waals surface area (Å²) in [5, 5.41) is 0.704. The predicted molar refractivity (Wildman–Crippen MR) is 85.7 cm³/mol. The normalized spacial score (nSPS) is 15.3. The molecule has 1 nitrogen and oxygen atoms in total. The van der Waals surface area contributed by atoms with E-state index >= 15 is 0 Å². The van der Waals surface area contributed by atoms with Crippen LogP contribution in [0.25, 0.3) is 0 Å². The van der Waals surface area contributed by atoms with Crippen LogP contribution in [0.5, 0.6) is 0 Å². The first-order chi connectivity index (χ1) is 7.67. The van der Waals surface area contributed by atoms with E-state index in [-0.39, 0.29) is 15.1 Å². The zero-order valence-corrected chi connectivity index (χ0v) is 15.7. The van der Waals surface area contributed by atoms with Gasteiger partial charge in [-0.3, -0.25) is 0 Å². The summed E-state index contributed by atoms with van der Waals surface area (Å²) in [4.78, 5) is 0. The molecule has 0 spiro atoms. The molecule has 0 aliphatic rings. The van der Waals surface area contributed by atoms with Crippen molar-refractivity contribution >= 4 is 8.32 Å². The minimum atomic E-state index is -1.96. The monoisotopic (exact) mass is 272 g/mol. The summed E-state index contributed by atoms with van der Waals surface area (Å²) in [6.07, 6.45) is 0. The van der Waals surface area contributed by atoms with E-state index in [0.29, 0.717) is 5.92 Å². The van der Waals surface area contributed by atoms with Gasteiger partial charge in [-0.2, -0.15) is 0 Å². The maximum Gasteiger partial charge on any atom is 0.208 e. The standard InChI is InChI=1S/C16H36OSi/c1-13(2)12-17-18(14(3,4)5,15(6,7)8)16(9,10)11/h13H,12H2,1-11H3. The van der Waals surface area contributed by atoms with Crippen molar-refractivity contribution in [2.24, 2.45) is 5.92 Å². The lowest BCUT2D eigenvalue weighted by molar-refractivity contribution is 0.204. The van der Waals surface area contributed by atoms with E-state index < -0.39 is 8.32 Å². The molecule has 0 saturated heterocycles. The molecule has 0 atom stereocenters. The van der Waals surface area contributed by atoms with E-state index in [2.05, 4.69) is 76.2 Å². The smallest absolute Gasteiger partial charge is 0.208 e. The summed E-state index contributed by atoms with van der Waals surface area (Å²) < 4.78 is 6.72. The maximum atomic E-state index is 6.72. The number of hydrogen-bond acceptors (Lipinski definition) is 1. The fourth-order valence-electron chi connectivity index (χ4n) is 4.32. The molecule has 0 N–H and O–H groups in total. The van der Waals surface area contributed by atoms with Crippen LogP contribution in [0.1, 0.15) is 76.2 Å². The number of hydrogen-bond donors (Lipinski definition) is 0. The first kappa shape index (κ1) is 18.2. The van der Waals surface area contributed by atoms with E-state index in [9.17, 15) is 0 Å². The molecule has 0 bridgehead atoms. The first-order valence-electron chi connectivity index (χ1n) is 7.31. The Morgan fingerprint density at radius 1 is 0.722 bits per heavy atom.